The molecule has 2 amide bonds. The second-order valence-electron chi connectivity index (χ2n) is 7.35. The van der Waals surface area contributed by atoms with Crippen LogP contribution in [-0.2, 0) is 22.4 Å². The van der Waals surface area contributed by atoms with Gasteiger partial charge in [-0.05, 0) is 61.4 Å². The van der Waals surface area contributed by atoms with Crippen molar-refractivity contribution in [1.82, 2.24) is 0 Å². The lowest BCUT2D eigenvalue weighted by Gasteiger charge is -2.18. The van der Waals surface area contributed by atoms with Gasteiger partial charge in [-0.2, -0.15) is 0 Å². The number of carbonyl (C=O) groups is 2. The summed E-state index contributed by atoms with van der Waals surface area (Å²) < 4.78 is 13.6. The molecule has 1 aliphatic heterocycles. The zero-order valence-corrected chi connectivity index (χ0v) is 15.2. The zero-order valence-electron chi connectivity index (χ0n) is 15.2. The van der Waals surface area contributed by atoms with Crippen molar-refractivity contribution in [1.29, 1.82) is 0 Å². The highest BCUT2D eigenvalue weighted by atomic mass is 19.1. The largest absolute Gasteiger partial charge is 0.326 e. The standard InChI is InChI=1S/C22H23FN2O2/c23-19-6-2-1-4-15(19)5-3-7-21(26)24-18-11-10-16-12-13-25(20(16)14-18)22(27)17-8-9-17/h1-2,4,6,10-11,14,17H,3,5,7-9,12-13H2,(H,24,26). The van der Waals surface area contributed by atoms with Gasteiger partial charge in [-0.1, -0.05) is 24.3 Å². The first-order valence-corrected chi connectivity index (χ1v) is 9.59. The van der Waals surface area contributed by atoms with E-state index in [0.717, 1.165) is 37.1 Å². The lowest BCUT2D eigenvalue weighted by atomic mass is 10.1. The van der Waals surface area contributed by atoms with Crippen molar-refractivity contribution in [3.63, 3.8) is 0 Å². The van der Waals surface area contributed by atoms with E-state index in [1.165, 1.54) is 6.07 Å². The minimum atomic E-state index is -0.225. The fraction of sp³-hybridized carbons (Fsp3) is 0.364. The molecule has 0 bridgehead atoms. The Hall–Kier alpha value is -2.69. The number of rotatable bonds is 6. The van der Waals surface area contributed by atoms with E-state index in [0.29, 0.717) is 30.5 Å². The van der Waals surface area contributed by atoms with Crippen molar-refractivity contribution in [2.24, 2.45) is 5.92 Å². The van der Waals surface area contributed by atoms with E-state index in [2.05, 4.69) is 5.32 Å². The molecule has 140 valence electrons. The smallest absolute Gasteiger partial charge is 0.230 e. The van der Waals surface area contributed by atoms with E-state index in [1.54, 1.807) is 18.2 Å². The summed E-state index contributed by atoms with van der Waals surface area (Å²) in [4.78, 5) is 26.5. The summed E-state index contributed by atoms with van der Waals surface area (Å²) in [6, 6.07) is 12.4. The average Bonchev–Trinajstić information content (AvgIpc) is 3.43. The number of anilines is 2. The quantitative estimate of drug-likeness (QED) is 0.837. The fourth-order valence-corrected chi connectivity index (χ4v) is 3.60. The van der Waals surface area contributed by atoms with Crippen molar-refractivity contribution in [2.45, 2.75) is 38.5 Å². The number of nitrogens with zero attached hydrogens (tertiary/aromatic N) is 1. The van der Waals surface area contributed by atoms with Gasteiger partial charge in [0.2, 0.25) is 11.8 Å². The number of aryl methyl sites for hydroxylation is 1. The van der Waals surface area contributed by atoms with Crippen LogP contribution >= 0.6 is 0 Å². The van der Waals surface area contributed by atoms with Crippen LogP contribution in [0.5, 0.6) is 0 Å². The Morgan fingerprint density at radius 2 is 1.96 bits per heavy atom. The van der Waals surface area contributed by atoms with Gasteiger partial charge in [-0.15, -0.1) is 0 Å². The molecular weight excluding hydrogens is 343 g/mol. The van der Waals surface area contributed by atoms with Crippen LogP contribution in [0.15, 0.2) is 42.5 Å². The van der Waals surface area contributed by atoms with Crippen LogP contribution in [0, 0.1) is 11.7 Å². The molecule has 2 aromatic carbocycles. The number of halogens is 1. The summed E-state index contributed by atoms with van der Waals surface area (Å²) in [5.41, 5.74) is 3.43. The molecule has 1 N–H and O–H groups in total. The molecule has 1 fully saturated rings. The molecule has 2 aliphatic rings. The highest BCUT2D eigenvalue weighted by molar-refractivity contribution is 5.99. The third-order valence-corrected chi connectivity index (χ3v) is 5.27. The van der Waals surface area contributed by atoms with E-state index in [9.17, 15) is 14.0 Å². The topological polar surface area (TPSA) is 49.4 Å². The SMILES string of the molecule is O=C(CCCc1ccccc1F)Nc1ccc2c(c1)N(C(=O)C1CC1)CC2. The van der Waals surface area contributed by atoms with Crippen LogP contribution in [0.4, 0.5) is 15.8 Å². The van der Waals surface area contributed by atoms with Gasteiger partial charge in [0.1, 0.15) is 5.82 Å². The summed E-state index contributed by atoms with van der Waals surface area (Å²) in [5, 5.41) is 2.91. The Bertz CT molecular complexity index is 876. The molecule has 5 heteroatoms. The van der Waals surface area contributed by atoms with E-state index in [1.807, 2.05) is 23.1 Å². The van der Waals surface area contributed by atoms with E-state index >= 15 is 0 Å². The van der Waals surface area contributed by atoms with Crippen molar-refractivity contribution in [2.75, 3.05) is 16.8 Å². The van der Waals surface area contributed by atoms with E-state index in [-0.39, 0.29) is 23.5 Å². The molecule has 1 saturated carbocycles. The van der Waals surface area contributed by atoms with Gasteiger partial charge in [0.05, 0.1) is 0 Å². The molecule has 0 atom stereocenters. The first-order valence-electron chi connectivity index (χ1n) is 9.59. The van der Waals surface area contributed by atoms with Crippen LogP contribution in [0.1, 0.15) is 36.8 Å². The van der Waals surface area contributed by atoms with Crippen LogP contribution in [-0.4, -0.2) is 18.4 Å². The molecule has 4 nitrogen and oxygen atoms in total. The van der Waals surface area contributed by atoms with Crippen LogP contribution in [0.3, 0.4) is 0 Å². The minimum Gasteiger partial charge on any atom is -0.326 e. The molecule has 2 aromatic rings. The summed E-state index contributed by atoms with van der Waals surface area (Å²) in [5.74, 6) is 0.0796. The Morgan fingerprint density at radius 1 is 1.15 bits per heavy atom. The van der Waals surface area contributed by atoms with Crippen molar-refractivity contribution < 1.29 is 14.0 Å². The van der Waals surface area contributed by atoms with Crippen molar-refractivity contribution in [3.05, 3.63) is 59.4 Å². The number of fused-ring (bicyclic) bond motifs is 1. The molecule has 0 radical (unpaired) electrons. The van der Waals surface area contributed by atoms with Crippen molar-refractivity contribution >= 4 is 23.2 Å². The van der Waals surface area contributed by atoms with Crippen LogP contribution in [0.25, 0.3) is 0 Å². The Kier molecular flexibility index (Phi) is 4.92. The molecule has 1 heterocycles. The van der Waals surface area contributed by atoms with Gasteiger partial charge in [-0.3, -0.25) is 9.59 Å². The molecular formula is C22H23FN2O2. The first kappa shape index (κ1) is 17.7. The van der Waals surface area contributed by atoms with Crippen LogP contribution in [0.2, 0.25) is 0 Å². The van der Waals surface area contributed by atoms with E-state index in [4.69, 9.17) is 0 Å². The van der Waals surface area contributed by atoms with Gasteiger partial charge in [0, 0.05) is 30.3 Å². The number of hydrogen-bond donors (Lipinski definition) is 1. The molecule has 0 spiro atoms. The number of carbonyl (C=O) groups excluding carboxylic acids is 2. The average molecular weight is 366 g/mol. The second kappa shape index (κ2) is 7.51. The summed E-state index contributed by atoms with van der Waals surface area (Å²) >= 11 is 0. The summed E-state index contributed by atoms with van der Waals surface area (Å²) in [7, 11) is 0. The molecule has 0 aromatic heterocycles. The number of hydrogen-bond acceptors (Lipinski definition) is 2. The minimum absolute atomic E-state index is 0.0932. The predicted molar refractivity (Wildman–Crippen MR) is 103 cm³/mol. The first-order chi connectivity index (χ1) is 13.1. The Labute approximate surface area is 158 Å². The number of amides is 2. The maximum absolute atomic E-state index is 13.6. The maximum atomic E-state index is 13.6. The lowest BCUT2D eigenvalue weighted by Crippen LogP contribution is -2.30. The predicted octanol–water partition coefficient (Wildman–Crippen LogP) is 4.09. The zero-order chi connectivity index (χ0) is 18.8. The monoisotopic (exact) mass is 366 g/mol. The van der Waals surface area contributed by atoms with Gasteiger partial charge in [0.15, 0.2) is 0 Å². The van der Waals surface area contributed by atoms with Crippen LogP contribution < -0.4 is 10.2 Å². The summed E-state index contributed by atoms with van der Waals surface area (Å²) in [6.07, 6.45) is 4.30. The molecule has 4 rings (SSSR count). The lowest BCUT2D eigenvalue weighted by molar-refractivity contribution is -0.119. The highest BCUT2D eigenvalue weighted by Gasteiger charge is 2.36. The van der Waals surface area contributed by atoms with Crippen molar-refractivity contribution in [3.8, 4) is 0 Å². The van der Waals surface area contributed by atoms with Gasteiger partial charge in [0.25, 0.3) is 0 Å². The van der Waals surface area contributed by atoms with Gasteiger partial charge < -0.3 is 10.2 Å². The Morgan fingerprint density at radius 3 is 2.74 bits per heavy atom. The normalized spacial score (nSPS) is 15.5. The Balaban J connectivity index is 1.34. The maximum Gasteiger partial charge on any atom is 0.230 e. The summed E-state index contributed by atoms with van der Waals surface area (Å²) in [6.45, 7) is 0.727. The third-order valence-electron chi connectivity index (χ3n) is 5.27. The molecule has 0 unspecified atom stereocenters. The number of benzene rings is 2. The van der Waals surface area contributed by atoms with Gasteiger partial charge in [-0.25, -0.2) is 4.39 Å². The number of nitrogens with one attached hydrogen (secondary N) is 1. The fourth-order valence-electron chi connectivity index (χ4n) is 3.60. The molecule has 0 saturated heterocycles. The van der Waals surface area contributed by atoms with E-state index < -0.39 is 0 Å². The second-order valence-corrected chi connectivity index (χ2v) is 7.35. The molecule has 27 heavy (non-hydrogen) atoms. The highest BCUT2D eigenvalue weighted by Crippen LogP contribution is 2.37. The third kappa shape index (κ3) is 4.02. The van der Waals surface area contributed by atoms with Gasteiger partial charge >= 0.3 is 0 Å². The molecule has 1 aliphatic carbocycles.